The first-order chi connectivity index (χ1) is 36.0. The highest BCUT2D eigenvalue weighted by Gasteiger charge is 2.56. The number of allylic oxidation sites excluding steroid dienone is 2. The predicted octanol–water partition coefficient (Wildman–Crippen LogP) is 13.3. The molecule has 4 heterocycles. The van der Waals surface area contributed by atoms with Gasteiger partial charge in [-0.25, -0.2) is 17.6 Å². The van der Waals surface area contributed by atoms with Gasteiger partial charge in [0.1, 0.15) is 28.8 Å². The molecule has 13 heteroatoms. The predicted molar refractivity (Wildman–Crippen MR) is 298 cm³/mol. The molecule has 2 atom stereocenters. The van der Waals surface area contributed by atoms with Crippen molar-refractivity contribution in [1.82, 2.24) is 30.2 Å². The van der Waals surface area contributed by atoms with E-state index in [-0.39, 0.29) is 33.7 Å². The normalized spacial score (nSPS) is 25.3. The Bertz CT molecular complexity index is 3050. The molecule has 2 unspecified atom stereocenters. The molecule has 1 aromatic heterocycles. The number of piperidine rings is 2. The highest BCUT2D eigenvalue weighted by atomic mass is 35.5. The van der Waals surface area contributed by atoms with Crippen LogP contribution in [0.25, 0.3) is 22.0 Å². The molecule has 2 saturated carbocycles. The number of hydrogen-bond acceptors (Lipinski definition) is 7. The quantitative estimate of drug-likeness (QED) is 0.114. The van der Waals surface area contributed by atoms with Gasteiger partial charge in [0.25, 0.3) is 0 Å². The number of likely N-dealkylation sites (tertiary alicyclic amines) is 2. The summed E-state index contributed by atoms with van der Waals surface area (Å²) < 4.78 is 64.3. The van der Waals surface area contributed by atoms with Crippen molar-refractivity contribution in [2.75, 3.05) is 44.7 Å². The Kier molecular flexibility index (Phi) is 14.6. The number of anilines is 1. The van der Waals surface area contributed by atoms with Crippen LogP contribution < -0.4 is 21.3 Å². The second-order valence-corrected chi connectivity index (χ2v) is 23.3. The van der Waals surface area contributed by atoms with Gasteiger partial charge in [-0.15, -0.1) is 0 Å². The van der Waals surface area contributed by atoms with E-state index < -0.39 is 17.5 Å². The Morgan fingerprint density at radius 3 is 2.25 bits per heavy atom. The second-order valence-electron chi connectivity index (χ2n) is 22.9. The van der Waals surface area contributed by atoms with E-state index in [1.807, 2.05) is 55.2 Å². The van der Waals surface area contributed by atoms with Crippen LogP contribution in [0.1, 0.15) is 130 Å². The summed E-state index contributed by atoms with van der Waals surface area (Å²) in [5.41, 5.74) is 14.0. The maximum atomic E-state index is 16.1. The molecule has 3 saturated heterocycles. The zero-order valence-electron chi connectivity index (χ0n) is 44.6. The Labute approximate surface area is 446 Å². The maximum absolute atomic E-state index is 16.1. The topological polar surface area (TPSA) is 77.6 Å². The number of rotatable bonds is 11. The van der Waals surface area contributed by atoms with Crippen LogP contribution in [0.4, 0.5) is 23.4 Å². The van der Waals surface area contributed by atoms with Crippen molar-refractivity contribution in [3.05, 3.63) is 165 Å². The van der Waals surface area contributed by atoms with E-state index in [1.165, 1.54) is 56.1 Å². The van der Waals surface area contributed by atoms with Crippen molar-refractivity contribution in [1.29, 1.82) is 0 Å². The van der Waals surface area contributed by atoms with Crippen LogP contribution in [-0.4, -0.2) is 70.9 Å². The maximum Gasteiger partial charge on any atom is 0.164 e. The molecule has 5 fully saturated rings. The fourth-order valence-corrected chi connectivity index (χ4v) is 14.7. The Balaban J connectivity index is 0.000000179. The van der Waals surface area contributed by atoms with Gasteiger partial charge in [-0.3, -0.25) is 4.68 Å². The van der Waals surface area contributed by atoms with Crippen LogP contribution in [-0.2, 0) is 25.3 Å². The lowest BCUT2D eigenvalue weighted by molar-refractivity contribution is 0.0877. The number of fused-ring (bicyclic) bond motifs is 4. The van der Waals surface area contributed by atoms with E-state index in [2.05, 4.69) is 71.4 Å². The summed E-state index contributed by atoms with van der Waals surface area (Å²) in [6.07, 6.45) is 16.3. The minimum Gasteiger partial charge on any atom is -0.405 e. The summed E-state index contributed by atoms with van der Waals surface area (Å²) in [5, 5.41) is 11.8. The Hall–Kier alpha value is -5.56. The highest BCUT2D eigenvalue weighted by molar-refractivity contribution is 6.34. The van der Waals surface area contributed by atoms with Gasteiger partial charge in [-0.2, -0.15) is 5.10 Å². The van der Waals surface area contributed by atoms with Crippen LogP contribution >= 0.6 is 11.6 Å². The molecule has 0 amide bonds. The van der Waals surface area contributed by atoms with Gasteiger partial charge in [0.05, 0.1) is 10.4 Å². The first-order valence-corrected chi connectivity index (χ1v) is 27.7. The van der Waals surface area contributed by atoms with Gasteiger partial charge in [-0.1, -0.05) is 100 Å². The van der Waals surface area contributed by atoms with E-state index in [4.69, 9.17) is 17.3 Å². The summed E-state index contributed by atoms with van der Waals surface area (Å²) >= 11 is 6.59. The lowest BCUT2D eigenvalue weighted by Crippen LogP contribution is -2.48. The zero-order valence-corrected chi connectivity index (χ0v) is 45.4. The van der Waals surface area contributed by atoms with E-state index in [9.17, 15) is 0 Å². The molecule has 5 aromatic rings. The smallest absolute Gasteiger partial charge is 0.164 e. The van der Waals surface area contributed by atoms with E-state index in [1.54, 1.807) is 11.7 Å². The Morgan fingerprint density at radius 1 is 0.907 bits per heavy atom. The lowest BCUT2D eigenvalue weighted by atomic mass is 9.71. The minimum atomic E-state index is -0.520. The molecule has 398 valence electrons. The summed E-state index contributed by atoms with van der Waals surface area (Å²) in [6.45, 7) is 23.2. The molecule has 11 rings (SSSR count). The molecule has 75 heavy (non-hydrogen) atoms. The fourth-order valence-electron chi connectivity index (χ4n) is 14.5. The number of aromatic nitrogens is 2. The van der Waals surface area contributed by atoms with Crippen LogP contribution in [0, 0.1) is 35.6 Å². The van der Waals surface area contributed by atoms with Crippen LogP contribution in [0.3, 0.4) is 0 Å². The van der Waals surface area contributed by atoms with E-state index in [0.29, 0.717) is 82.0 Å². The number of hydrogen-bond donors (Lipinski definition) is 3. The zero-order chi connectivity index (χ0) is 53.1. The van der Waals surface area contributed by atoms with Crippen LogP contribution in [0.5, 0.6) is 0 Å². The van der Waals surface area contributed by atoms with Crippen molar-refractivity contribution >= 4 is 28.3 Å². The van der Waals surface area contributed by atoms with Crippen molar-refractivity contribution in [2.45, 2.75) is 133 Å². The monoisotopic (exact) mass is 1040 g/mol. The molecular formula is C62H75ClF4N8. The van der Waals surface area contributed by atoms with Crippen molar-refractivity contribution < 1.29 is 17.6 Å². The fraction of sp³-hybridized carbons (Fsp3) is 0.468. The summed E-state index contributed by atoms with van der Waals surface area (Å²) in [6, 6.07) is 17.4. The second kappa shape index (κ2) is 20.8. The number of nitrogens with zero attached hydrogens (tertiary/aromatic N) is 5. The van der Waals surface area contributed by atoms with Crippen LogP contribution in [0.2, 0.25) is 5.02 Å². The third-order valence-electron chi connectivity index (χ3n) is 18.7. The van der Waals surface area contributed by atoms with Gasteiger partial charge in [-0.05, 0) is 150 Å². The molecule has 4 aromatic carbocycles. The number of aryl methyl sites for hydroxylation is 3. The van der Waals surface area contributed by atoms with Crippen molar-refractivity contribution in [3.63, 3.8) is 0 Å². The molecular weight excluding hydrogens is 968 g/mol. The SMILES string of the molecule is C=C1CCN(c2nn(C)c3c(F)c(C4CCN(C5CCN(C(=C)C67CCC(NC)(CC6)C7)CC5)CC4)c(F)cc23)C(=C)N1.CCCc1ccc(C)c(-c2c(Cl)c(F)cc3c2C(/C=C\N)C(C)(c2ccccc2)C3)c1F. The molecule has 8 nitrogen and oxygen atoms in total. The average molecular weight is 1040 g/mol. The van der Waals surface area contributed by atoms with Gasteiger partial charge in [0, 0.05) is 89.5 Å². The van der Waals surface area contributed by atoms with Gasteiger partial charge >= 0.3 is 0 Å². The van der Waals surface area contributed by atoms with E-state index in [0.717, 1.165) is 86.2 Å². The van der Waals surface area contributed by atoms with Gasteiger partial charge in [0.15, 0.2) is 11.6 Å². The summed E-state index contributed by atoms with van der Waals surface area (Å²) in [5.74, 6) is -0.935. The third-order valence-corrected chi connectivity index (χ3v) is 19.1. The van der Waals surface area contributed by atoms with E-state index >= 15 is 17.6 Å². The van der Waals surface area contributed by atoms with Crippen LogP contribution in [0.15, 0.2) is 104 Å². The van der Waals surface area contributed by atoms with Crippen molar-refractivity contribution in [3.8, 4) is 11.1 Å². The average Bonchev–Trinajstić information content (AvgIpc) is 4.21. The van der Waals surface area contributed by atoms with Gasteiger partial charge in [0.2, 0.25) is 0 Å². The third kappa shape index (κ3) is 9.28. The lowest BCUT2D eigenvalue weighted by Gasteiger charge is -2.45. The highest BCUT2D eigenvalue weighted by Crippen LogP contribution is 2.60. The molecule has 3 aliphatic heterocycles. The Morgan fingerprint density at radius 2 is 1.61 bits per heavy atom. The number of nitrogens with one attached hydrogen (secondary N) is 2. The molecule has 0 spiro atoms. The largest absolute Gasteiger partial charge is 0.405 e. The number of nitrogens with two attached hydrogens (primary N) is 1. The first-order valence-electron chi connectivity index (χ1n) is 27.3. The summed E-state index contributed by atoms with van der Waals surface area (Å²) in [7, 11) is 3.86. The molecule has 3 aliphatic carbocycles. The number of benzene rings is 4. The molecule has 4 N–H and O–H groups in total. The molecule has 6 aliphatic rings. The van der Waals surface area contributed by atoms with Crippen molar-refractivity contribution in [2.24, 2.45) is 18.2 Å². The van der Waals surface area contributed by atoms with Gasteiger partial charge < -0.3 is 31.1 Å². The molecule has 2 bridgehead atoms. The summed E-state index contributed by atoms with van der Waals surface area (Å²) in [4.78, 5) is 7.03. The minimum absolute atomic E-state index is 0.0351. The first kappa shape index (κ1) is 52.9. The standard InChI is InChI=1S/C34H47F2N7.C28H28ClF2N/c1-22-6-19-43(24(3)38-22)32-27-20-28(35)29(30(36)31(27)40(5)39-32)25-7-15-42(16-8-25)26-9-17-41(18-10-26)23(2)33-11-13-34(21-33,37-4)14-12-33;1-4-8-18-12-11-17(2)23(27(18)31)25-24-19(15-22(30)26(25)29)16-28(3,21(24)13-14-32)20-9-6-5-7-10-20/h20,25-26,37-38H,1-3,6-19,21H2,4-5H3;5-7,9-15,21H,4,8,16,32H2,1-3H3/b;14-13-. The molecule has 0 radical (unpaired) electrons. The number of halogens is 5.